The van der Waals surface area contributed by atoms with Crippen molar-refractivity contribution in [3.63, 3.8) is 0 Å². The van der Waals surface area contributed by atoms with Crippen molar-refractivity contribution in [2.24, 2.45) is 0 Å². The number of hydrogen-bond donors (Lipinski definition) is 0. The van der Waals surface area contributed by atoms with Crippen LogP contribution in [0.25, 0.3) is 0 Å². The fourth-order valence-corrected chi connectivity index (χ4v) is 1.42. The standard InChI is InChI=1S/C13H13BrO2/c1-2-16-13-7-6-11(5-3-4-8-14)9-12(13)10-15/h6-7,9-10H,2,4,8H2,1H3. The number of alkyl halides is 1. The molecule has 1 aromatic rings. The van der Waals surface area contributed by atoms with Gasteiger partial charge in [-0.25, -0.2) is 0 Å². The molecule has 0 amide bonds. The average Bonchev–Trinajstić information content (AvgIpc) is 2.31. The second kappa shape index (κ2) is 7.08. The molecule has 0 spiro atoms. The maximum atomic E-state index is 10.8. The highest BCUT2D eigenvalue weighted by atomic mass is 79.9. The fourth-order valence-electron chi connectivity index (χ4n) is 1.22. The van der Waals surface area contributed by atoms with Crippen molar-refractivity contribution in [1.29, 1.82) is 0 Å². The summed E-state index contributed by atoms with van der Waals surface area (Å²) in [6.07, 6.45) is 1.59. The Morgan fingerprint density at radius 1 is 1.50 bits per heavy atom. The first-order valence-corrected chi connectivity index (χ1v) is 6.20. The molecule has 0 fully saturated rings. The highest BCUT2D eigenvalue weighted by Crippen LogP contribution is 2.17. The number of benzene rings is 1. The highest BCUT2D eigenvalue weighted by Gasteiger charge is 2.02. The van der Waals surface area contributed by atoms with Gasteiger partial charge in [-0.15, -0.1) is 0 Å². The molecule has 84 valence electrons. The number of halogens is 1. The summed E-state index contributed by atoms with van der Waals surface area (Å²) in [4.78, 5) is 10.8. The normalized spacial score (nSPS) is 9.12. The number of aldehydes is 1. The molecule has 16 heavy (non-hydrogen) atoms. The number of rotatable bonds is 4. The van der Waals surface area contributed by atoms with E-state index in [-0.39, 0.29) is 0 Å². The Balaban J connectivity index is 2.91. The van der Waals surface area contributed by atoms with Gasteiger partial charge in [-0.2, -0.15) is 0 Å². The number of carbonyl (C=O) groups excluding carboxylic acids is 1. The Bertz CT molecular complexity index is 416. The molecule has 0 bridgehead atoms. The fraction of sp³-hybridized carbons (Fsp3) is 0.308. The molecule has 0 aliphatic heterocycles. The van der Waals surface area contributed by atoms with Crippen LogP contribution in [0.4, 0.5) is 0 Å². The first kappa shape index (κ1) is 12.8. The van der Waals surface area contributed by atoms with Crippen LogP contribution in [0.5, 0.6) is 5.75 Å². The largest absolute Gasteiger partial charge is 0.493 e. The van der Waals surface area contributed by atoms with Crippen LogP contribution < -0.4 is 4.74 Å². The zero-order valence-corrected chi connectivity index (χ0v) is 10.7. The summed E-state index contributed by atoms with van der Waals surface area (Å²) in [6.45, 7) is 2.44. The van der Waals surface area contributed by atoms with Gasteiger partial charge in [0.1, 0.15) is 5.75 Å². The third kappa shape index (κ3) is 3.71. The second-order valence-electron chi connectivity index (χ2n) is 3.04. The molecule has 0 aliphatic carbocycles. The molecule has 1 rings (SSSR count). The van der Waals surface area contributed by atoms with E-state index in [1.165, 1.54) is 0 Å². The maximum absolute atomic E-state index is 10.8. The minimum absolute atomic E-state index is 0.549. The summed E-state index contributed by atoms with van der Waals surface area (Å²) in [5, 5.41) is 0.859. The van der Waals surface area contributed by atoms with Crippen LogP contribution in [-0.2, 0) is 0 Å². The van der Waals surface area contributed by atoms with Gasteiger partial charge in [0.15, 0.2) is 6.29 Å². The van der Waals surface area contributed by atoms with Crippen molar-refractivity contribution in [2.75, 3.05) is 11.9 Å². The van der Waals surface area contributed by atoms with Crippen LogP contribution in [0.1, 0.15) is 29.3 Å². The zero-order valence-electron chi connectivity index (χ0n) is 9.13. The van der Waals surface area contributed by atoms with E-state index in [2.05, 4.69) is 27.8 Å². The minimum atomic E-state index is 0.549. The van der Waals surface area contributed by atoms with E-state index in [4.69, 9.17) is 4.74 Å². The van der Waals surface area contributed by atoms with Crippen LogP contribution in [0.2, 0.25) is 0 Å². The molecule has 0 unspecified atom stereocenters. The van der Waals surface area contributed by atoms with Crippen LogP contribution in [0.15, 0.2) is 18.2 Å². The Kier molecular flexibility index (Phi) is 5.66. The smallest absolute Gasteiger partial charge is 0.153 e. The predicted molar refractivity (Wildman–Crippen MR) is 68.3 cm³/mol. The molecule has 0 saturated heterocycles. The van der Waals surface area contributed by atoms with Crippen molar-refractivity contribution < 1.29 is 9.53 Å². The van der Waals surface area contributed by atoms with E-state index in [0.29, 0.717) is 17.9 Å². The lowest BCUT2D eigenvalue weighted by molar-refractivity contribution is 0.112. The molecule has 0 N–H and O–H groups in total. The Hall–Kier alpha value is -1.27. The Labute approximate surface area is 104 Å². The summed E-state index contributed by atoms with van der Waals surface area (Å²) in [7, 11) is 0. The van der Waals surface area contributed by atoms with Crippen LogP contribution in [0.3, 0.4) is 0 Å². The molecule has 0 radical (unpaired) electrons. The molecule has 1 aromatic carbocycles. The first-order chi connectivity index (χ1) is 7.81. The number of ether oxygens (including phenoxy) is 1. The van der Waals surface area contributed by atoms with Gasteiger partial charge in [0.2, 0.25) is 0 Å². The SMILES string of the molecule is CCOc1ccc(C#CCCBr)cc1C=O. The van der Waals surface area contributed by atoms with Crippen molar-refractivity contribution in [3.05, 3.63) is 29.3 Å². The second-order valence-corrected chi connectivity index (χ2v) is 3.84. The van der Waals surface area contributed by atoms with Gasteiger partial charge in [0.25, 0.3) is 0 Å². The van der Waals surface area contributed by atoms with Crippen molar-refractivity contribution >= 4 is 22.2 Å². The highest BCUT2D eigenvalue weighted by molar-refractivity contribution is 9.09. The topological polar surface area (TPSA) is 26.3 Å². The van der Waals surface area contributed by atoms with E-state index in [1.807, 2.05) is 13.0 Å². The minimum Gasteiger partial charge on any atom is -0.493 e. The van der Waals surface area contributed by atoms with Gasteiger partial charge in [-0.1, -0.05) is 27.8 Å². The lowest BCUT2D eigenvalue weighted by Gasteiger charge is -2.05. The summed E-state index contributed by atoms with van der Waals surface area (Å²) in [5.74, 6) is 6.61. The van der Waals surface area contributed by atoms with Crippen molar-refractivity contribution in [3.8, 4) is 17.6 Å². The summed E-state index contributed by atoms with van der Waals surface area (Å²) in [6, 6.07) is 5.39. The van der Waals surface area contributed by atoms with Gasteiger partial charge in [-0.05, 0) is 25.1 Å². The third-order valence-electron chi connectivity index (χ3n) is 1.89. The average molecular weight is 281 g/mol. The predicted octanol–water partition coefficient (Wildman–Crippen LogP) is 3.03. The summed E-state index contributed by atoms with van der Waals surface area (Å²) < 4.78 is 5.32. The summed E-state index contributed by atoms with van der Waals surface area (Å²) in [5.41, 5.74) is 1.39. The quantitative estimate of drug-likeness (QED) is 0.481. The number of hydrogen-bond acceptors (Lipinski definition) is 2. The van der Waals surface area contributed by atoms with Gasteiger partial charge in [0, 0.05) is 17.3 Å². The molecule has 0 saturated carbocycles. The van der Waals surface area contributed by atoms with Gasteiger partial charge >= 0.3 is 0 Å². The van der Waals surface area contributed by atoms with E-state index in [1.54, 1.807) is 12.1 Å². The zero-order chi connectivity index (χ0) is 11.8. The molecule has 3 heteroatoms. The monoisotopic (exact) mass is 280 g/mol. The lowest BCUT2D eigenvalue weighted by Crippen LogP contribution is -1.96. The van der Waals surface area contributed by atoms with Crippen molar-refractivity contribution in [2.45, 2.75) is 13.3 Å². The van der Waals surface area contributed by atoms with Crippen LogP contribution >= 0.6 is 15.9 Å². The van der Waals surface area contributed by atoms with Crippen molar-refractivity contribution in [1.82, 2.24) is 0 Å². The van der Waals surface area contributed by atoms with Crippen LogP contribution in [0, 0.1) is 11.8 Å². The maximum Gasteiger partial charge on any atom is 0.153 e. The molecule has 0 heterocycles. The Morgan fingerprint density at radius 3 is 2.94 bits per heavy atom. The van der Waals surface area contributed by atoms with Gasteiger partial charge in [-0.3, -0.25) is 4.79 Å². The van der Waals surface area contributed by atoms with E-state index >= 15 is 0 Å². The Morgan fingerprint density at radius 2 is 2.31 bits per heavy atom. The number of carbonyl (C=O) groups is 1. The first-order valence-electron chi connectivity index (χ1n) is 5.08. The summed E-state index contributed by atoms with van der Waals surface area (Å²) >= 11 is 3.30. The van der Waals surface area contributed by atoms with Gasteiger partial charge < -0.3 is 4.74 Å². The van der Waals surface area contributed by atoms with E-state index in [9.17, 15) is 4.79 Å². The van der Waals surface area contributed by atoms with Gasteiger partial charge in [0.05, 0.1) is 12.2 Å². The lowest BCUT2D eigenvalue weighted by atomic mass is 10.1. The third-order valence-corrected chi connectivity index (χ3v) is 2.29. The molecule has 2 nitrogen and oxygen atoms in total. The van der Waals surface area contributed by atoms with E-state index < -0.39 is 0 Å². The molecule has 0 aliphatic rings. The van der Waals surface area contributed by atoms with E-state index in [0.717, 1.165) is 23.6 Å². The molecular formula is C13H13BrO2. The molecular weight excluding hydrogens is 268 g/mol. The molecule has 0 atom stereocenters. The van der Waals surface area contributed by atoms with Crippen LogP contribution in [-0.4, -0.2) is 18.2 Å². The molecule has 0 aromatic heterocycles.